The Labute approximate surface area is 142 Å². The maximum atomic E-state index is 14.0. The summed E-state index contributed by atoms with van der Waals surface area (Å²) in [6, 6.07) is 2.21. The molecule has 9 heteroatoms. The second-order valence-corrected chi connectivity index (χ2v) is 6.87. The first-order valence-electron chi connectivity index (χ1n) is 7.12. The molecule has 0 saturated carbocycles. The van der Waals surface area contributed by atoms with Gasteiger partial charge in [-0.3, -0.25) is 0 Å². The van der Waals surface area contributed by atoms with Crippen molar-refractivity contribution in [1.29, 1.82) is 0 Å². The van der Waals surface area contributed by atoms with E-state index >= 15 is 0 Å². The Morgan fingerprint density at radius 1 is 1.26 bits per heavy atom. The zero-order valence-electron chi connectivity index (χ0n) is 13.1. The normalized spacial score (nSPS) is 18.1. The molecule has 1 unspecified atom stereocenters. The van der Waals surface area contributed by atoms with Crippen molar-refractivity contribution in [3.63, 3.8) is 0 Å². The largest absolute Gasteiger partial charge is 0.493 e. The van der Waals surface area contributed by atoms with E-state index in [4.69, 9.17) is 9.47 Å². The highest BCUT2D eigenvalue weighted by Gasteiger charge is 2.24. The Kier molecular flexibility index (Phi) is 7.53. The third kappa shape index (κ3) is 4.94. The van der Waals surface area contributed by atoms with Crippen LogP contribution in [0.5, 0.6) is 11.5 Å². The molecule has 0 aromatic heterocycles. The standard InChI is InChI=1S/C14H21FN2O4S.ClH/c1-20-12-7-11(15)14(8-13(12)21-2)22(18,19)17-9-10-5-3-4-6-16-10;/h7-8,10,16-17H,3-6,9H2,1-2H3;1H. The minimum absolute atomic E-state index is 0. The van der Waals surface area contributed by atoms with Crippen molar-refractivity contribution in [3.8, 4) is 11.5 Å². The number of halogens is 2. The summed E-state index contributed by atoms with van der Waals surface area (Å²) >= 11 is 0. The molecule has 23 heavy (non-hydrogen) atoms. The van der Waals surface area contributed by atoms with Crippen LogP contribution in [-0.4, -0.2) is 41.8 Å². The molecule has 0 amide bonds. The number of nitrogens with one attached hydrogen (secondary N) is 2. The van der Waals surface area contributed by atoms with E-state index in [9.17, 15) is 12.8 Å². The third-order valence-electron chi connectivity index (χ3n) is 3.66. The van der Waals surface area contributed by atoms with E-state index < -0.39 is 20.7 Å². The summed E-state index contributed by atoms with van der Waals surface area (Å²) in [5.74, 6) is -0.560. The Hall–Kier alpha value is -1.09. The lowest BCUT2D eigenvalue weighted by molar-refractivity contribution is 0.350. The number of rotatable bonds is 6. The molecule has 1 aromatic carbocycles. The van der Waals surface area contributed by atoms with E-state index in [1.807, 2.05) is 0 Å². The first-order chi connectivity index (χ1) is 10.5. The van der Waals surface area contributed by atoms with E-state index in [-0.39, 0.29) is 36.5 Å². The van der Waals surface area contributed by atoms with Crippen LogP contribution in [-0.2, 0) is 10.0 Å². The smallest absolute Gasteiger partial charge is 0.243 e. The second-order valence-electron chi connectivity index (χ2n) is 5.14. The number of hydrogen-bond donors (Lipinski definition) is 2. The van der Waals surface area contributed by atoms with E-state index in [2.05, 4.69) is 10.0 Å². The lowest BCUT2D eigenvalue weighted by atomic mass is 10.1. The zero-order chi connectivity index (χ0) is 16.2. The number of ether oxygens (including phenoxy) is 2. The number of piperidine rings is 1. The molecular formula is C14H22ClFN2O4S. The maximum absolute atomic E-state index is 14.0. The van der Waals surface area contributed by atoms with Crippen molar-refractivity contribution < 1.29 is 22.3 Å². The van der Waals surface area contributed by atoms with Gasteiger partial charge in [0, 0.05) is 24.7 Å². The van der Waals surface area contributed by atoms with Gasteiger partial charge in [-0.1, -0.05) is 6.42 Å². The summed E-state index contributed by atoms with van der Waals surface area (Å²) in [6.45, 7) is 1.10. The van der Waals surface area contributed by atoms with Crippen molar-refractivity contribution in [3.05, 3.63) is 17.9 Å². The lowest BCUT2D eigenvalue weighted by Gasteiger charge is -2.23. The molecule has 1 aromatic rings. The number of methoxy groups -OCH3 is 2. The zero-order valence-corrected chi connectivity index (χ0v) is 14.7. The SMILES string of the molecule is COc1cc(F)c(S(=O)(=O)NCC2CCCCN2)cc1OC.Cl. The van der Waals surface area contributed by atoms with Crippen molar-refractivity contribution in [2.24, 2.45) is 0 Å². The minimum Gasteiger partial charge on any atom is -0.493 e. The molecule has 1 atom stereocenters. The lowest BCUT2D eigenvalue weighted by Crippen LogP contribution is -2.43. The monoisotopic (exact) mass is 368 g/mol. The molecule has 1 aliphatic rings. The van der Waals surface area contributed by atoms with Crippen LogP contribution in [0.3, 0.4) is 0 Å². The quantitative estimate of drug-likeness (QED) is 0.799. The van der Waals surface area contributed by atoms with Gasteiger partial charge in [-0.25, -0.2) is 17.5 Å². The summed E-state index contributed by atoms with van der Waals surface area (Å²) in [5, 5.41) is 3.23. The molecule has 6 nitrogen and oxygen atoms in total. The van der Waals surface area contributed by atoms with E-state index in [1.165, 1.54) is 14.2 Å². The van der Waals surface area contributed by atoms with E-state index in [1.54, 1.807) is 0 Å². The highest BCUT2D eigenvalue weighted by Crippen LogP contribution is 2.31. The Morgan fingerprint density at radius 2 is 1.91 bits per heavy atom. The number of hydrogen-bond acceptors (Lipinski definition) is 5. The molecule has 1 fully saturated rings. The Bertz CT molecular complexity index is 621. The molecule has 1 aliphatic heterocycles. The summed E-state index contributed by atoms with van der Waals surface area (Å²) in [7, 11) is -1.22. The Balaban J connectivity index is 0.00000264. The van der Waals surface area contributed by atoms with Gasteiger partial charge in [0.05, 0.1) is 14.2 Å². The van der Waals surface area contributed by atoms with Crippen molar-refractivity contribution in [2.45, 2.75) is 30.2 Å². The summed E-state index contributed by atoms with van der Waals surface area (Å²) in [5.41, 5.74) is 0. The first kappa shape index (κ1) is 20.0. The molecule has 0 spiro atoms. The molecule has 2 rings (SSSR count). The molecule has 1 saturated heterocycles. The van der Waals surface area contributed by atoms with Gasteiger partial charge in [0.1, 0.15) is 10.7 Å². The van der Waals surface area contributed by atoms with Crippen LogP contribution in [0.1, 0.15) is 19.3 Å². The fourth-order valence-electron chi connectivity index (χ4n) is 2.43. The predicted octanol–water partition coefficient (Wildman–Crippen LogP) is 1.69. The van der Waals surface area contributed by atoms with Crippen LogP contribution in [0.2, 0.25) is 0 Å². The van der Waals surface area contributed by atoms with Crippen LogP contribution in [0.25, 0.3) is 0 Å². The maximum Gasteiger partial charge on any atom is 0.243 e. The first-order valence-corrected chi connectivity index (χ1v) is 8.61. The van der Waals surface area contributed by atoms with Gasteiger partial charge in [-0.05, 0) is 19.4 Å². The van der Waals surface area contributed by atoms with Crippen molar-refractivity contribution in [1.82, 2.24) is 10.0 Å². The minimum atomic E-state index is -3.95. The highest BCUT2D eigenvalue weighted by molar-refractivity contribution is 7.89. The van der Waals surface area contributed by atoms with Gasteiger partial charge in [0.15, 0.2) is 11.5 Å². The summed E-state index contributed by atoms with van der Waals surface area (Å²) in [6.07, 6.45) is 3.05. The predicted molar refractivity (Wildman–Crippen MR) is 87.6 cm³/mol. The summed E-state index contributed by atoms with van der Waals surface area (Å²) in [4.78, 5) is -0.444. The van der Waals surface area contributed by atoms with Gasteiger partial charge < -0.3 is 14.8 Å². The van der Waals surface area contributed by atoms with Gasteiger partial charge in [0.2, 0.25) is 10.0 Å². The number of benzene rings is 1. The number of sulfonamides is 1. The molecule has 0 bridgehead atoms. The molecule has 0 aliphatic carbocycles. The Morgan fingerprint density at radius 3 is 2.48 bits per heavy atom. The molecule has 132 valence electrons. The molecule has 2 N–H and O–H groups in total. The average molecular weight is 369 g/mol. The van der Waals surface area contributed by atoms with Crippen molar-refractivity contribution >= 4 is 22.4 Å². The van der Waals surface area contributed by atoms with Crippen LogP contribution in [0, 0.1) is 5.82 Å². The van der Waals surface area contributed by atoms with Gasteiger partial charge in [0.25, 0.3) is 0 Å². The van der Waals surface area contributed by atoms with Crippen molar-refractivity contribution in [2.75, 3.05) is 27.3 Å². The fraction of sp³-hybridized carbons (Fsp3) is 0.571. The third-order valence-corrected chi connectivity index (χ3v) is 5.10. The van der Waals surface area contributed by atoms with Crippen LogP contribution >= 0.6 is 12.4 Å². The topological polar surface area (TPSA) is 76.7 Å². The van der Waals surface area contributed by atoms with E-state index in [0.717, 1.165) is 37.9 Å². The summed E-state index contributed by atoms with van der Waals surface area (Å²) < 4.78 is 51.0. The van der Waals surface area contributed by atoms with Gasteiger partial charge in [-0.2, -0.15) is 0 Å². The molecular weight excluding hydrogens is 347 g/mol. The van der Waals surface area contributed by atoms with Gasteiger partial charge in [-0.15, -0.1) is 12.4 Å². The molecule has 0 radical (unpaired) electrons. The fourth-order valence-corrected chi connectivity index (χ4v) is 3.58. The average Bonchev–Trinajstić information content (AvgIpc) is 2.53. The van der Waals surface area contributed by atoms with E-state index in [0.29, 0.717) is 0 Å². The van der Waals surface area contributed by atoms with Crippen LogP contribution < -0.4 is 19.5 Å². The molecule has 1 heterocycles. The highest BCUT2D eigenvalue weighted by atomic mass is 35.5. The van der Waals surface area contributed by atoms with Crippen LogP contribution in [0.15, 0.2) is 17.0 Å². The second kappa shape index (κ2) is 8.68. The van der Waals surface area contributed by atoms with Gasteiger partial charge >= 0.3 is 0 Å². The van der Waals surface area contributed by atoms with Crippen LogP contribution in [0.4, 0.5) is 4.39 Å².